The van der Waals surface area contributed by atoms with Crippen LogP contribution in [0.3, 0.4) is 0 Å². The highest BCUT2D eigenvalue weighted by Crippen LogP contribution is 2.17. The normalized spacial score (nSPS) is 11.6. The average molecular weight is 619 g/mol. The number of rotatable bonds is 15. The molecule has 14 nitrogen and oxygen atoms in total. The van der Waals surface area contributed by atoms with Crippen LogP contribution in [0.15, 0.2) is 76.1 Å². The Labute approximate surface area is 258 Å². The van der Waals surface area contributed by atoms with Gasteiger partial charge in [-0.15, -0.1) is 10.2 Å². The summed E-state index contributed by atoms with van der Waals surface area (Å²) in [4.78, 5) is 57.0. The fourth-order valence-corrected chi connectivity index (χ4v) is 4.16. The van der Waals surface area contributed by atoms with Crippen LogP contribution in [0, 0.1) is 5.92 Å². The summed E-state index contributed by atoms with van der Waals surface area (Å²) in [5.74, 6) is -1.63. The number of carbonyl (C=O) groups excluding carboxylic acids is 3. The van der Waals surface area contributed by atoms with Gasteiger partial charge in [0.15, 0.2) is 0 Å². The molecule has 0 aliphatic carbocycles. The molecule has 4 aromatic rings. The van der Waals surface area contributed by atoms with E-state index in [0.717, 1.165) is 10.1 Å². The highest BCUT2D eigenvalue weighted by molar-refractivity contribution is 5.98. The Hall–Kier alpha value is -5.21. The van der Waals surface area contributed by atoms with Crippen LogP contribution in [-0.2, 0) is 38.8 Å². The molecule has 2 aromatic heterocycles. The van der Waals surface area contributed by atoms with Crippen molar-refractivity contribution in [3.63, 3.8) is 0 Å². The van der Waals surface area contributed by atoms with Crippen molar-refractivity contribution in [1.82, 2.24) is 25.1 Å². The Bertz CT molecular complexity index is 1640. The van der Waals surface area contributed by atoms with E-state index >= 15 is 0 Å². The van der Waals surface area contributed by atoms with Crippen molar-refractivity contribution in [3.8, 4) is 11.4 Å². The largest absolute Gasteiger partial charge is 0.444 e. The monoisotopic (exact) mass is 618 g/mol. The average Bonchev–Trinajstić information content (AvgIpc) is 3.52. The van der Waals surface area contributed by atoms with Gasteiger partial charge in [0.25, 0.3) is 11.4 Å². The quantitative estimate of drug-likeness (QED) is 0.148. The fraction of sp³-hybridized carbons (Fsp3) is 0.323. The number of benzene rings is 2. The van der Waals surface area contributed by atoms with Crippen LogP contribution in [0.25, 0.3) is 11.4 Å². The van der Waals surface area contributed by atoms with E-state index in [9.17, 15) is 19.2 Å². The van der Waals surface area contributed by atoms with Crippen molar-refractivity contribution < 1.29 is 33.0 Å². The number of ketones is 1. The maximum absolute atomic E-state index is 13.6. The van der Waals surface area contributed by atoms with Crippen molar-refractivity contribution >= 4 is 23.5 Å². The van der Waals surface area contributed by atoms with Crippen molar-refractivity contribution in [1.29, 1.82) is 0 Å². The van der Waals surface area contributed by atoms with Gasteiger partial charge in [0.1, 0.15) is 31.3 Å². The van der Waals surface area contributed by atoms with Crippen molar-refractivity contribution in [2.45, 2.75) is 39.6 Å². The van der Waals surface area contributed by atoms with Gasteiger partial charge in [-0.1, -0.05) is 74.5 Å². The molecule has 0 spiro atoms. The molecule has 0 aliphatic heterocycles. The van der Waals surface area contributed by atoms with E-state index in [2.05, 4.69) is 25.8 Å². The fourth-order valence-electron chi connectivity index (χ4n) is 4.16. The van der Waals surface area contributed by atoms with E-state index in [-0.39, 0.29) is 42.4 Å². The Kier molecular flexibility index (Phi) is 11.6. The lowest BCUT2D eigenvalue weighted by Crippen LogP contribution is -2.46. The first-order chi connectivity index (χ1) is 21.8. The third kappa shape index (κ3) is 9.14. The topological polar surface area (TPSA) is 177 Å². The standard InChI is InChI=1S/C31H34N6O8/c1-20(2)26(27(39)29-36-35-25(45-29)19-43-15-14-42-3)34-24(38)17-37-28(22-12-8-5-9-13-22)32-16-23(30(37)40)33-31(41)44-18-21-10-6-4-7-11-21/h4-13,16,20,26H,14-15,17-19H2,1-3H3,(H,33,41)(H,34,38). The number of nitrogens with zero attached hydrogens (tertiary/aromatic N) is 4. The number of carbonyl (C=O) groups is 3. The van der Waals surface area contributed by atoms with Crippen molar-refractivity contribution in [2.75, 3.05) is 25.6 Å². The molecule has 0 aliphatic rings. The first kappa shape index (κ1) is 32.7. The second-order valence-electron chi connectivity index (χ2n) is 10.1. The van der Waals surface area contributed by atoms with E-state index < -0.39 is 35.9 Å². The zero-order valence-corrected chi connectivity index (χ0v) is 25.1. The van der Waals surface area contributed by atoms with E-state index in [1.165, 1.54) is 6.20 Å². The summed E-state index contributed by atoms with van der Waals surface area (Å²) in [7, 11) is 1.54. The third-order valence-electron chi connectivity index (χ3n) is 6.43. The van der Waals surface area contributed by atoms with E-state index in [1.54, 1.807) is 63.4 Å². The minimum Gasteiger partial charge on any atom is -0.444 e. The highest BCUT2D eigenvalue weighted by Gasteiger charge is 2.30. The van der Waals surface area contributed by atoms with Gasteiger partial charge in [0, 0.05) is 12.7 Å². The number of hydrogen-bond acceptors (Lipinski definition) is 11. The Morgan fingerprint density at radius 2 is 1.67 bits per heavy atom. The van der Waals surface area contributed by atoms with Crippen LogP contribution in [0.2, 0.25) is 0 Å². The van der Waals surface area contributed by atoms with Gasteiger partial charge >= 0.3 is 6.09 Å². The molecule has 1 unspecified atom stereocenters. The number of methoxy groups -OCH3 is 1. The lowest BCUT2D eigenvalue weighted by Gasteiger charge is -2.20. The molecule has 0 fully saturated rings. The van der Waals surface area contributed by atoms with Crippen LogP contribution in [0.4, 0.5) is 10.5 Å². The van der Waals surface area contributed by atoms with Gasteiger partial charge < -0.3 is 23.9 Å². The second-order valence-corrected chi connectivity index (χ2v) is 10.1. The molecule has 2 amide bonds. The molecule has 0 saturated heterocycles. The minimum atomic E-state index is -1.04. The molecule has 1 atom stereocenters. The van der Waals surface area contributed by atoms with Crippen LogP contribution in [0.1, 0.15) is 36.0 Å². The number of amides is 2. The molecule has 45 heavy (non-hydrogen) atoms. The second kappa shape index (κ2) is 16.0. The van der Waals surface area contributed by atoms with Gasteiger partial charge in [-0.2, -0.15) is 0 Å². The summed E-state index contributed by atoms with van der Waals surface area (Å²) < 4.78 is 22.0. The van der Waals surface area contributed by atoms with Crippen LogP contribution >= 0.6 is 0 Å². The minimum absolute atomic E-state index is 0.00814. The SMILES string of the molecule is COCCOCc1nnc(C(=O)C(NC(=O)Cn2c(-c3ccccc3)ncc(NC(=O)OCc3ccccc3)c2=O)C(C)C)o1. The van der Waals surface area contributed by atoms with Gasteiger partial charge in [-0.3, -0.25) is 24.3 Å². The molecule has 14 heteroatoms. The summed E-state index contributed by atoms with van der Waals surface area (Å²) >= 11 is 0. The van der Waals surface area contributed by atoms with E-state index in [4.69, 9.17) is 18.6 Å². The van der Waals surface area contributed by atoms with Gasteiger partial charge in [-0.05, 0) is 11.5 Å². The maximum Gasteiger partial charge on any atom is 0.412 e. The summed E-state index contributed by atoms with van der Waals surface area (Å²) in [5.41, 5.74) is 0.435. The summed E-state index contributed by atoms with van der Waals surface area (Å²) in [6.45, 7) is 3.63. The van der Waals surface area contributed by atoms with Gasteiger partial charge in [0.2, 0.25) is 17.6 Å². The van der Waals surface area contributed by atoms with Crippen LogP contribution < -0.4 is 16.2 Å². The number of ether oxygens (including phenoxy) is 3. The summed E-state index contributed by atoms with van der Waals surface area (Å²) in [6, 6.07) is 16.8. The smallest absolute Gasteiger partial charge is 0.412 e. The zero-order valence-electron chi connectivity index (χ0n) is 25.1. The van der Waals surface area contributed by atoms with Gasteiger partial charge in [-0.25, -0.2) is 9.78 Å². The summed E-state index contributed by atoms with van der Waals surface area (Å²) in [5, 5.41) is 12.7. The van der Waals surface area contributed by atoms with Crippen LogP contribution in [-0.4, -0.2) is 63.9 Å². The number of anilines is 1. The number of nitrogens with one attached hydrogen (secondary N) is 2. The third-order valence-corrected chi connectivity index (χ3v) is 6.43. The van der Waals surface area contributed by atoms with Crippen LogP contribution in [0.5, 0.6) is 0 Å². The number of aromatic nitrogens is 4. The van der Waals surface area contributed by atoms with Gasteiger partial charge in [0.05, 0.1) is 25.5 Å². The molecular weight excluding hydrogens is 584 g/mol. The van der Waals surface area contributed by atoms with E-state index in [0.29, 0.717) is 18.8 Å². The molecular formula is C31H34N6O8. The molecule has 2 aromatic carbocycles. The highest BCUT2D eigenvalue weighted by atomic mass is 16.5. The molecule has 4 rings (SSSR count). The predicted molar refractivity (Wildman–Crippen MR) is 161 cm³/mol. The van der Waals surface area contributed by atoms with Crippen molar-refractivity contribution in [3.05, 3.63) is 94.6 Å². The Morgan fingerprint density at radius 1 is 0.956 bits per heavy atom. The molecule has 0 bridgehead atoms. The molecule has 2 N–H and O–H groups in total. The lowest BCUT2D eigenvalue weighted by molar-refractivity contribution is -0.122. The molecule has 236 valence electrons. The first-order valence-electron chi connectivity index (χ1n) is 14.1. The lowest BCUT2D eigenvalue weighted by atomic mass is 9.99. The Morgan fingerprint density at radius 3 is 2.36 bits per heavy atom. The summed E-state index contributed by atoms with van der Waals surface area (Å²) in [6.07, 6.45) is 0.338. The Balaban J connectivity index is 1.51. The maximum atomic E-state index is 13.6. The predicted octanol–water partition coefficient (Wildman–Crippen LogP) is 3.23. The number of hydrogen-bond donors (Lipinski definition) is 2. The first-order valence-corrected chi connectivity index (χ1v) is 14.1. The van der Waals surface area contributed by atoms with Crippen molar-refractivity contribution in [2.24, 2.45) is 5.92 Å². The van der Waals surface area contributed by atoms with E-state index in [1.807, 2.05) is 18.2 Å². The number of Topliss-reactive ketones (excluding diaryl/α,β-unsaturated/α-hetero) is 1. The molecule has 2 heterocycles. The molecule has 0 radical (unpaired) electrons. The zero-order chi connectivity index (χ0) is 32.2. The molecule has 0 saturated carbocycles.